The predicted octanol–water partition coefficient (Wildman–Crippen LogP) is 3.82. The fraction of sp³-hybridized carbons (Fsp3) is 0.154. The molecule has 8 heteroatoms. The van der Waals surface area contributed by atoms with Crippen LogP contribution in [0.5, 0.6) is 0 Å². The van der Waals surface area contributed by atoms with Crippen LogP contribution in [0.3, 0.4) is 0 Å². The number of carbonyl (C=O) groups excluding carboxylic acids is 1. The number of halogens is 4. The zero-order valence-electron chi connectivity index (χ0n) is 10.7. The molecular weight excluding hydrogens is 351 g/mol. The number of nitrogens with one attached hydrogen (secondary N) is 1. The predicted molar refractivity (Wildman–Crippen MR) is 73.9 cm³/mol. The third-order valence-electron chi connectivity index (χ3n) is 2.58. The van der Waals surface area contributed by atoms with Gasteiger partial charge in [-0.3, -0.25) is 9.78 Å². The minimum atomic E-state index is -4.53. The summed E-state index contributed by atoms with van der Waals surface area (Å²) in [6.07, 6.45) is -3.65. The van der Waals surface area contributed by atoms with Crippen LogP contribution in [0.1, 0.15) is 21.7 Å². The normalized spacial score (nSPS) is 11.3. The van der Waals surface area contributed by atoms with Crippen molar-refractivity contribution in [2.75, 3.05) is 5.32 Å². The van der Waals surface area contributed by atoms with E-state index in [0.29, 0.717) is 11.5 Å². The molecule has 4 nitrogen and oxygen atoms in total. The Morgan fingerprint density at radius 3 is 2.48 bits per heavy atom. The number of hydrogen-bond donors (Lipinski definition) is 1. The van der Waals surface area contributed by atoms with Crippen LogP contribution in [0.25, 0.3) is 0 Å². The van der Waals surface area contributed by atoms with Gasteiger partial charge in [0.2, 0.25) is 0 Å². The van der Waals surface area contributed by atoms with Gasteiger partial charge in [-0.1, -0.05) is 0 Å². The van der Waals surface area contributed by atoms with Gasteiger partial charge in [-0.05, 0) is 47.1 Å². The molecule has 2 heterocycles. The molecule has 2 aromatic rings. The monoisotopic (exact) mass is 359 g/mol. The van der Waals surface area contributed by atoms with E-state index in [4.69, 9.17) is 0 Å². The van der Waals surface area contributed by atoms with Crippen LogP contribution < -0.4 is 5.32 Å². The van der Waals surface area contributed by atoms with Gasteiger partial charge < -0.3 is 5.32 Å². The molecule has 0 saturated carbocycles. The smallest absolute Gasteiger partial charge is 0.307 e. The standard InChI is InChI=1S/C13H9BrF3N3O/c1-7-9(14)3-5-11(19-7)20-12(21)8-2-4-10(18-6-8)13(15,16)17/h2-6H,1H3,(H,19,20,21). The van der Waals surface area contributed by atoms with E-state index in [9.17, 15) is 18.0 Å². The van der Waals surface area contributed by atoms with Gasteiger partial charge in [-0.25, -0.2) is 4.98 Å². The van der Waals surface area contributed by atoms with E-state index in [1.54, 1.807) is 19.1 Å². The van der Waals surface area contributed by atoms with Crippen molar-refractivity contribution in [1.82, 2.24) is 9.97 Å². The lowest BCUT2D eigenvalue weighted by Crippen LogP contribution is -2.15. The molecule has 0 saturated heterocycles. The van der Waals surface area contributed by atoms with Crippen molar-refractivity contribution >= 4 is 27.7 Å². The van der Waals surface area contributed by atoms with Gasteiger partial charge >= 0.3 is 6.18 Å². The van der Waals surface area contributed by atoms with E-state index in [1.165, 1.54) is 0 Å². The lowest BCUT2D eigenvalue weighted by atomic mass is 10.2. The van der Waals surface area contributed by atoms with Crippen molar-refractivity contribution in [1.29, 1.82) is 0 Å². The molecule has 21 heavy (non-hydrogen) atoms. The first-order chi connectivity index (χ1) is 9.77. The molecule has 0 aliphatic heterocycles. The lowest BCUT2D eigenvalue weighted by molar-refractivity contribution is -0.141. The molecule has 1 amide bonds. The van der Waals surface area contributed by atoms with E-state index in [0.717, 1.165) is 22.8 Å². The molecular formula is C13H9BrF3N3O. The van der Waals surface area contributed by atoms with E-state index >= 15 is 0 Å². The fourth-order valence-electron chi connectivity index (χ4n) is 1.50. The summed E-state index contributed by atoms with van der Waals surface area (Å²) in [5.41, 5.74) is -0.347. The Balaban J connectivity index is 2.15. The number of alkyl halides is 3. The molecule has 110 valence electrons. The summed E-state index contributed by atoms with van der Waals surface area (Å²) in [6.45, 7) is 1.75. The molecule has 2 aromatic heterocycles. The Morgan fingerprint density at radius 1 is 1.24 bits per heavy atom. The molecule has 0 unspecified atom stereocenters. The van der Waals surface area contributed by atoms with Crippen LogP contribution in [-0.4, -0.2) is 15.9 Å². The summed E-state index contributed by atoms with van der Waals surface area (Å²) in [5, 5.41) is 2.49. The van der Waals surface area contributed by atoms with Crippen molar-refractivity contribution in [3.63, 3.8) is 0 Å². The second-order valence-corrected chi connectivity index (χ2v) is 5.00. The fourth-order valence-corrected chi connectivity index (χ4v) is 1.72. The highest BCUT2D eigenvalue weighted by atomic mass is 79.9. The minimum Gasteiger partial charge on any atom is -0.307 e. The van der Waals surface area contributed by atoms with Gasteiger partial charge in [0.25, 0.3) is 5.91 Å². The minimum absolute atomic E-state index is 0.0189. The third-order valence-corrected chi connectivity index (χ3v) is 3.42. The maximum absolute atomic E-state index is 12.4. The number of hydrogen-bond acceptors (Lipinski definition) is 3. The molecule has 0 spiro atoms. The van der Waals surface area contributed by atoms with Crippen LogP contribution in [0.2, 0.25) is 0 Å². The summed E-state index contributed by atoms with van der Waals surface area (Å²) in [5.74, 6) is -0.272. The molecule has 2 rings (SSSR count). The quantitative estimate of drug-likeness (QED) is 0.886. The first kappa shape index (κ1) is 15.4. The highest BCUT2D eigenvalue weighted by Gasteiger charge is 2.32. The van der Waals surface area contributed by atoms with Crippen molar-refractivity contribution < 1.29 is 18.0 Å². The second kappa shape index (κ2) is 5.80. The van der Waals surface area contributed by atoms with Crippen molar-refractivity contribution in [3.05, 3.63) is 51.9 Å². The van der Waals surface area contributed by atoms with Crippen LogP contribution >= 0.6 is 15.9 Å². The molecule has 0 aliphatic carbocycles. The van der Waals surface area contributed by atoms with Crippen LogP contribution in [0.15, 0.2) is 34.9 Å². The van der Waals surface area contributed by atoms with Crippen molar-refractivity contribution in [3.8, 4) is 0 Å². The Morgan fingerprint density at radius 2 is 1.95 bits per heavy atom. The first-order valence-corrected chi connectivity index (χ1v) is 6.54. The largest absolute Gasteiger partial charge is 0.433 e. The Bertz CT molecular complexity index is 671. The van der Waals surface area contributed by atoms with Crippen LogP contribution in [0.4, 0.5) is 19.0 Å². The number of aryl methyl sites for hydroxylation is 1. The molecule has 0 aliphatic rings. The number of rotatable bonds is 2. The first-order valence-electron chi connectivity index (χ1n) is 5.75. The van der Waals surface area contributed by atoms with E-state index in [1.807, 2.05) is 0 Å². The zero-order valence-corrected chi connectivity index (χ0v) is 12.3. The second-order valence-electron chi connectivity index (χ2n) is 4.15. The summed E-state index contributed by atoms with van der Waals surface area (Å²) in [7, 11) is 0. The van der Waals surface area contributed by atoms with Gasteiger partial charge in [-0.15, -0.1) is 0 Å². The number of carbonyl (C=O) groups is 1. The van der Waals surface area contributed by atoms with Gasteiger partial charge in [0, 0.05) is 10.7 Å². The highest BCUT2D eigenvalue weighted by molar-refractivity contribution is 9.10. The maximum Gasteiger partial charge on any atom is 0.433 e. The molecule has 0 atom stereocenters. The van der Waals surface area contributed by atoms with Crippen LogP contribution in [-0.2, 0) is 6.18 Å². The topological polar surface area (TPSA) is 54.9 Å². The van der Waals surface area contributed by atoms with Gasteiger partial charge in [0.1, 0.15) is 11.5 Å². The Kier molecular flexibility index (Phi) is 4.26. The number of anilines is 1. The Labute approximate surface area is 126 Å². The molecule has 0 bridgehead atoms. The number of amides is 1. The molecule has 0 radical (unpaired) electrons. The van der Waals surface area contributed by atoms with Crippen LogP contribution in [0, 0.1) is 6.92 Å². The summed E-state index contributed by atoms with van der Waals surface area (Å²) < 4.78 is 37.9. The van der Waals surface area contributed by atoms with E-state index < -0.39 is 17.8 Å². The van der Waals surface area contributed by atoms with Gasteiger partial charge in [0.15, 0.2) is 0 Å². The number of pyridine rings is 2. The van der Waals surface area contributed by atoms with E-state index in [2.05, 4.69) is 31.2 Å². The number of aromatic nitrogens is 2. The zero-order chi connectivity index (χ0) is 15.6. The molecule has 0 fully saturated rings. The van der Waals surface area contributed by atoms with E-state index in [-0.39, 0.29) is 5.56 Å². The summed E-state index contributed by atoms with van der Waals surface area (Å²) in [4.78, 5) is 19.2. The van der Waals surface area contributed by atoms with Crippen molar-refractivity contribution in [2.24, 2.45) is 0 Å². The Hall–Kier alpha value is -1.96. The maximum atomic E-state index is 12.4. The average Bonchev–Trinajstić information content (AvgIpc) is 2.42. The summed E-state index contributed by atoms with van der Waals surface area (Å²) >= 11 is 3.28. The molecule has 0 aromatic carbocycles. The third kappa shape index (κ3) is 3.78. The lowest BCUT2D eigenvalue weighted by Gasteiger charge is -2.08. The van der Waals surface area contributed by atoms with Gasteiger partial charge in [-0.2, -0.15) is 13.2 Å². The number of nitrogens with zero attached hydrogens (tertiary/aromatic N) is 2. The molecule has 1 N–H and O–H groups in total. The highest BCUT2D eigenvalue weighted by Crippen LogP contribution is 2.27. The summed E-state index contributed by atoms with van der Waals surface area (Å²) in [6, 6.07) is 5.11. The van der Waals surface area contributed by atoms with Gasteiger partial charge in [0.05, 0.1) is 11.3 Å². The average molecular weight is 360 g/mol. The SMILES string of the molecule is Cc1nc(NC(=O)c2ccc(C(F)(F)F)nc2)ccc1Br. The van der Waals surface area contributed by atoms with Crippen molar-refractivity contribution in [2.45, 2.75) is 13.1 Å².